The zero-order valence-electron chi connectivity index (χ0n) is 12.5. The van der Waals surface area contributed by atoms with Gasteiger partial charge in [0.2, 0.25) is 11.8 Å². The molecule has 0 aliphatic carbocycles. The number of thiophene rings is 1. The minimum Gasteiger partial charge on any atom is -0.480 e. The van der Waals surface area contributed by atoms with Gasteiger partial charge >= 0.3 is 5.97 Å². The van der Waals surface area contributed by atoms with Gasteiger partial charge in [-0.1, -0.05) is 0 Å². The Morgan fingerprint density at radius 2 is 2.35 bits per heavy atom. The van der Waals surface area contributed by atoms with Crippen LogP contribution in [0.25, 0.3) is 11.5 Å². The van der Waals surface area contributed by atoms with E-state index in [4.69, 9.17) is 9.15 Å². The number of carboxylic acids is 1. The van der Waals surface area contributed by atoms with Crippen LogP contribution in [-0.4, -0.2) is 52.7 Å². The maximum atomic E-state index is 12.5. The minimum atomic E-state index is -1.06. The lowest BCUT2D eigenvalue weighted by Crippen LogP contribution is -2.53. The lowest BCUT2D eigenvalue weighted by atomic mass is 10.2. The van der Waals surface area contributed by atoms with Gasteiger partial charge in [0.25, 0.3) is 0 Å². The molecule has 7 nitrogen and oxygen atoms in total. The molecular weight excluding hydrogens is 320 g/mol. The number of aryl methyl sites for hydroxylation is 1. The van der Waals surface area contributed by atoms with Crippen molar-refractivity contribution in [3.8, 4) is 11.5 Å². The van der Waals surface area contributed by atoms with Gasteiger partial charge in [-0.25, -0.2) is 9.78 Å². The second-order valence-corrected chi connectivity index (χ2v) is 6.01. The van der Waals surface area contributed by atoms with Crippen molar-refractivity contribution in [2.24, 2.45) is 0 Å². The van der Waals surface area contributed by atoms with Crippen LogP contribution in [-0.2, 0) is 20.7 Å². The number of carboxylic acid groups (broad SMARTS) is 1. The van der Waals surface area contributed by atoms with Gasteiger partial charge < -0.3 is 19.2 Å². The third-order valence-corrected chi connectivity index (χ3v) is 4.40. The van der Waals surface area contributed by atoms with E-state index in [1.807, 2.05) is 16.8 Å². The van der Waals surface area contributed by atoms with E-state index in [1.165, 1.54) is 16.2 Å². The van der Waals surface area contributed by atoms with Crippen molar-refractivity contribution in [3.05, 3.63) is 28.3 Å². The lowest BCUT2D eigenvalue weighted by molar-refractivity contribution is -0.158. The van der Waals surface area contributed by atoms with Gasteiger partial charge in [-0.15, -0.1) is 0 Å². The molecule has 0 aromatic carbocycles. The molecule has 3 heterocycles. The van der Waals surface area contributed by atoms with Crippen LogP contribution in [0.15, 0.2) is 21.2 Å². The first kappa shape index (κ1) is 15.7. The van der Waals surface area contributed by atoms with Crippen molar-refractivity contribution in [2.75, 3.05) is 19.8 Å². The van der Waals surface area contributed by atoms with E-state index in [9.17, 15) is 14.7 Å². The topological polar surface area (TPSA) is 92.9 Å². The van der Waals surface area contributed by atoms with E-state index >= 15 is 0 Å². The van der Waals surface area contributed by atoms with Crippen molar-refractivity contribution >= 4 is 23.2 Å². The number of oxazole rings is 1. The standard InChI is InChI=1S/C15H16N2O5S/c1-9-11(16-14(22-9)10-2-5-23-8-10)6-13(18)17-3-4-21-7-12(17)15(19)20/h2,5,8,12H,3-4,6-7H2,1H3,(H,19,20)/t12-/m0/s1. The van der Waals surface area contributed by atoms with Crippen LogP contribution in [0, 0.1) is 6.92 Å². The molecule has 23 heavy (non-hydrogen) atoms. The first-order chi connectivity index (χ1) is 11.1. The molecular formula is C15H16N2O5S. The van der Waals surface area contributed by atoms with Gasteiger partial charge in [0, 0.05) is 17.5 Å². The Bertz CT molecular complexity index is 710. The van der Waals surface area contributed by atoms with E-state index in [2.05, 4.69) is 4.98 Å². The number of hydrogen-bond donors (Lipinski definition) is 1. The maximum Gasteiger partial charge on any atom is 0.328 e. The van der Waals surface area contributed by atoms with Crippen LogP contribution in [0.3, 0.4) is 0 Å². The molecule has 0 saturated carbocycles. The molecule has 2 aromatic heterocycles. The summed E-state index contributed by atoms with van der Waals surface area (Å²) in [5.41, 5.74) is 1.40. The van der Waals surface area contributed by atoms with Crippen molar-refractivity contribution in [1.82, 2.24) is 9.88 Å². The second-order valence-electron chi connectivity index (χ2n) is 5.23. The zero-order valence-corrected chi connectivity index (χ0v) is 13.3. The minimum absolute atomic E-state index is 0.0129. The van der Waals surface area contributed by atoms with Crippen LogP contribution >= 0.6 is 11.3 Å². The average molecular weight is 336 g/mol. The summed E-state index contributed by atoms with van der Waals surface area (Å²) in [5, 5.41) is 13.0. The van der Waals surface area contributed by atoms with E-state index in [0.717, 1.165) is 5.56 Å². The molecule has 1 fully saturated rings. The highest BCUT2D eigenvalue weighted by Gasteiger charge is 2.33. The van der Waals surface area contributed by atoms with Gasteiger partial charge in [-0.05, 0) is 18.4 Å². The second kappa shape index (κ2) is 6.51. The van der Waals surface area contributed by atoms with E-state index in [0.29, 0.717) is 24.0 Å². The fourth-order valence-electron chi connectivity index (χ4n) is 2.45. The molecule has 1 amide bonds. The molecule has 122 valence electrons. The molecule has 3 rings (SSSR count). The summed E-state index contributed by atoms with van der Waals surface area (Å²) in [6.07, 6.45) is 0.0171. The fourth-order valence-corrected chi connectivity index (χ4v) is 3.08. The predicted octanol–water partition coefficient (Wildman–Crippen LogP) is 1.57. The molecule has 1 saturated heterocycles. The maximum absolute atomic E-state index is 12.5. The number of morpholine rings is 1. The number of ether oxygens (including phenoxy) is 1. The molecule has 0 spiro atoms. The van der Waals surface area contributed by atoms with Gasteiger partial charge in [-0.3, -0.25) is 4.79 Å². The Hall–Kier alpha value is -2.19. The van der Waals surface area contributed by atoms with Crippen molar-refractivity contribution in [3.63, 3.8) is 0 Å². The zero-order chi connectivity index (χ0) is 16.4. The summed E-state index contributed by atoms with van der Waals surface area (Å²) in [7, 11) is 0. The summed E-state index contributed by atoms with van der Waals surface area (Å²) >= 11 is 1.54. The van der Waals surface area contributed by atoms with Crippen LogP contribution in [0.1, 0.15) is 11.5 Å². The van der Waals surface area contributed by atoms with Gasteiger partial charge in [0.05, 0.1) is 25.3 Å². The SMILES string of the molecule is Cc1oc(-c2ccsc2)nc1CC(=O)N1CCOC[C@H]1C(=O)O. The molecule has 2 aromatic rings. The fraction of sp³-hybridized carbons (Fsp3) is 0.400. The normalized spacial score (nSPS) is 18.1. The van der Waals surface area contributed by atoms with Gasteiger partial charge in [-0.2, -0.15) is 11.3 Å². The Labute approximate surface area is 136 Å². The molecule has 0 unspecified atom stereocenters. The number of amides is 1. The highest BCUT2D eigenvalue weighted by molar-refractivity contribution is 7.08. The highest BCUT2D eigenvalue weighted by Crippen LogP contribution is 2.24. The van der Waals surface area contributed by atoms with E-state index < -0.39 is 12.0 Å². The first-order valence-corrected chi connectivity index (χ1v) is 8.09. The predicted molar refractivity (Wildman–Crippen MR) is 82.2 cm³/mol. The summed E-state index contributed by atoms with van der Waals surface area (Å²) in [6.45, 7) is 2.37. The average Bonchev–Trinajstić information content (AvgIpc) is 3.17. The van der Waals surface area contributed by atoms with Crippen LogP contribution in [0.5, 0.6) is 0 Å². The number of rotatable bonds is 4. The molecule has 1 aliphatic rings. The Morgan fingerprint density at radius 3 is 3.04 bits per heavy atom. The molecule has 1 aliphatic heterocycles. The Balaban J connectivity index is 1.76. The van der Waals surface area contributed by atoms with Gasteiger partial charge in [0.1, 0.15) is 5.76 Å². The monoisotopic (exact) mass is 336 g/mol. The van der Waals surface area contributed by atoms with Crippen molar-refractivity contribution in [1.29, 1.82) is 0 Å². The molecule has 1 atom stereocenters. The van der Waals surface area contributed by atoms with E-state index in [-0.39, 0.29) is 25.5 Å². The number of aromatic nitrogens is 1. The number of aliphatic carboxylic acids is 1. The lowest BCUT2D eigenvalue weighted by Gasteiger charge is -2.32. The highest BCUT2D eigenvalue weighted by atomic mass is 32.1. The molecule has 8 heteroatoms. The molecule has 1 N–H and O–H groups in total. The largest absolute Gasteiger partial charge is 0.480 e. The smallest absolute Gasteiger partial charge is 0.328 e. The molecule has 0 radical (unpaired) electrons. The third-order valence-electron chi connectivity index (χ3n) is 3.71. The number of hydrogen-bond acceptors (Lipinski definition) is 6. The van der Waals surface area contributed by atoms with Crippen molar-refractivity contribution in [2.45, 2.75) is 19.4 Å². The first-order valence-electron chi connectivity index (χ1n) is 7.15. The van der Waals surface area contributed by atoms with E-state index in [1.54, 1.807) is 6.92 Å². The Kier molecular flexibility index (Phi) is 4.44. The summed E-state index contributed by atoms with van der Waals surface area (Å²) in [5.74, 6) is -0.300. The number of nitrogens with zero attached hydrogens (tertiary/aromatic N) is 2. The number of carbonyl (C=O) groups is 2. The van der Waals surface area contributed by atoms with Crippen LogP contribution < -0.4 is 0 Å². The van der Waals surface area contributed by atoms with Crippen molar-refractivity contribution < 1.29 is 23.8 Å². The summed E-state index contributed by atoms with van der Waals surface area (Å²) in [4.78, 5) is 29.4. The Morgan fingerprint density at radius 1 is 1.52 bits per heavy atom. The van der Waals surface area contributed by atoms with Crippen LogP contribution in [0.2, 0.25) is 0 Å². The summed E-state index contributed by atoms with van der Waals surface area (Å²) < 4.78 is 10.7. The molecule has 0 bridgehead atoms. The van der Waals surface area contributed by atoms with Crippen LogP contribution in [0.4, 0.5) is 0 Å². The quantitative estimate of drug-likeness (QED) is 0.911. The van der Waals surface area contributed by atoms with Gasteiger partial charge in [0.15, 0.2) is 6.04 Å². The summed E-state index contributed by atoms with van der Waals surface area (Å²) in [6, 6.07) is 0.948. The number of carbonyl (C=O) groups excluding carboxylic acids is 1. The third kappa shape index (κ3) is 3.27.